The summed E-state index contributed by atoms with van der Waals surface area (Å²) in [6, 6.07) is 17.2. The number of rotatable bonds is 6. The lowest BCUT2D eigenvalue weighted by Crippen LogP contribution is -2.08. The molecule has 0 aliphatic heterocycles. The summed E-state index contributed by atoms with van der Waals surface area (Å²) in [4.78, 5) is 12.0. The minimum absolute atomic E-state index is 0.273. The lowest BCUT2D eigenvalue weighted by atomic mass is 10.2. The lowest BCUT2D eigenvalue weighted by molar-refractivity contribution is 0.0734. The third-order valence-corrected chi connectivity index (χ3v) is 4.03. The number of carbonyl (C=O) groups is 1. The summed E-state index contributed by atoms with van der Waals surface area (Å²) in [5, 5.41) is 4.62. The summed E-state index contributed by atoms with van der Waals surface area (Å²) in [6.45, 7) is 0. The van der Waals surface area contributed by atoms with Crippen LogP contribution in [-0.2, 0) is 0 Å². The first-order valence-corrected chi connectivity index (χ1v) is 8.63. The zero-order valence-electron chi connectivity index (χ0n) is 14.9. The van der Waals surface area contributed by atoms with E-state index >= 15 is 0 Å². The van der Waals surface area contributed by atoms with Crippen molar-refractivity contribution in [1.29, 1.82) is 0 Å². The van der Waals surface area contributed by atoms with Crippen LogP contribution in [0, 0.1) is 5.82 Å². The predicted molar refractivity (Wildman–Crippen MR) is 107 cm³/mol. The molecule has 0 unspecified atom stereocenters. The van der Waals surface area contributed by atoms with Crippen molar-refractivity contribution in [3.63, 3.8) is 0 Å². The largest absolute Gasteiger partial charge is 0.495 e. The number of hydrogen-bond donors (Lipinski definition) is 1. The van der Waals surface area contributed by atoms with E-state index < -0.39 is 11.8 Å². The van der Waals surface area contributed by atoms with Gasteiger partial charge in [-0.3, -0.25) is 5.43 Å². The Morgan fingerprint density at radius 3 is 2.43 bits per heavy atom. The van der Waals surface area contributed by atoms with E-state index in [9.17, 15) is 9.18 Å². The van der Waals surface area contributed by atoms with Crippen molar-refractivity contribution in [2.45, 2.75) is 0 Å². The molecule has 0 aliphatic rings. The van der Waals surface area contributed by atoms with Crippen LogP contribution in [0.3, 0.4) is 0 Å². The molecule has 0 heterocycles. The van der Waals surface area contributed by atoms with Gasteiger partial charge in [0, 0.05) is 0 Å². The Morgan fingerprint density at radius 1 is 1.07 bits per heavy atom. The van der Waals surface area contributed by atoms with E-state index in [4.69, 9.17) is 21.1 Å². The number of ether oxygens (including phenoxy) is 2. The summed E-state index contributed by atoms with van der Waals surface area (Å²) < 4.78 is 23.3. The topological polar surface area (TPSA) is 59.9 Å². The van der Waals surface area contributed by atoms with E-state index in [0.717, 1.165) is 5.56 Å². The molecule has 0 saturated carbocycles. The SMILES string of the molecule is COc1ccc(N/N=C/c2ccc(OC(=O)c3ccc(F)cc3)cc2)cc1Cl. The molecule has 0 aromatic heterocycles. The van der Waals surface area contributed by atoms with Gasteiger partial charge < -0.3 is 9.47 Å². The van der Waals surface area contributed by atoms with Gasteiger partial charge in [0.15, 0.2) is 0 Å². The van der Waals surface area contributed by atoms with Crippen molar-refractivity contribution < 1.29 is 18.7 Å². The zero-order chi connectivity index (χ0) is 19.9. The second-order valence-electron chi connectivity index (χ2n) is 5.68. The van der Waals surface area contributed by atoms with Crippen LogP contribution in [0.1, 0.15) is 15.9 Å². The highest BCUT2D eigenvalue weighted by Crippen LogP contribution is 2.27. The number of anilines is 1. The van der Waals surface area contributed by atoms with Crippen LogP contribution in [0.25, 0.3) is 0 Å². The monoisotopic (exact) mass is 398 g/mol. The van der Waals surface area contributed by atoms with Crippen LogP contribution >= 0.6 is 11.6 Å². The average Bonchev–Trinajstić information content (AvgIpc) is 2.70. The highest BCUT2D eigenvalue weighted by molar-refractivity contribution is 6.32. The molecule has 0 aliphatic carbocycles. The molecule has 0 atom stereocenters. The fourth-order valence-electron chi connectivity index (χ4n) is 2.29. The highest BCUT2D eigenvalue weighted by Gasteiger charge is 2.08. The molecular formula is C21H16ClFN2O3. The molecule has 0 spiro atoms. The number of methoxy groups -OCH3 is 1. The number of hydrazone groups is 1. The van der Waals surface area contributed by atoms with Gasteiger partial charge in [0.05, 0.1) is 29.6 Å². The Morgan fingerprint density at radius 2 is 1.79 bits per heavy atom. The second kappa shape index (κ2) is 9.01. The molecule has 0 amide bonds. The van der Waals surface area contributed by atoms with Gasteiger partial charge in [-0.15, -0.1) is 0 Å². The fourth-order valence-corrected chi connectivity index (χ4v) is 2.55. The van der Waals surface area contributed by atoms with Gasteiger partial charge in [0.1, 0.15) is 17.3 Å². The molecule has 3 aromatic rings. The molecule has 1 N–H and O–H groups in total. The number of hydrogen-bond acceptors (Lipinski definition) is 5. The Bertz CT molecular complexity index is 990. The molecule has 0 bridgehead atoms. The molecule has 142 valence electrons. The Kier molecular flexibility index (Phi) is 6.24. The normalized spacial score (nSPS) is 10.7. The summed E-state index contributed by atoms with van der Waals surface area (Å²) in [5.74, 6) is -0.00600. The van der Waals surface area contributed by atoms with Crippen molar-refractivity contribution in [3.8, 4) is 11.5 Å². The summed E-state index contributed by atoms with van der Waals surface area (Å²) >= 11 is 6.06. The van der Waals surface area contributed by atoms with Crippen LogP contribution in [0.5, 0.6) is 11.5 Å². The summed E-state index contributed by atoms with van der Waals surface area (Å²) in [7, 11) is 1.55. The third-order valence-electron chi connectivity index (χ3n) is 3.73. The Labute approximate surface area is 166 Å². The van der Waals surface area contributed by atoms with E-state index in [1.807, 2.05) is 0 Å². The minimum Gasteiger partial charge on any atom is -0.495 e. The molecule has 7 heteroatoms. The molecule has 3 rings (SSSR count). The van der Waals surface area contributed by atoms with Crippen LogP contribution < -0.4 is 14.9 Å². The van der Waals surface area contributed by atoms with Gasteiger partial charge >= 0.3 is 5.97 Å². The first kappa shape index (κ1) is 19.4. The minimum atomic E-state index is -0.556. The van der Waals surface area contributed by atoms with Crippen molar-refractivity contribution in [2.24, 2.45) is 5.10 Å². The molecule has 28 heavy (non-hydrogen) atoms. The van der Waals surface area contributed by atoms with Crippen LogP contribution in [0.15, 0.2) is 71.8 Å². The van der Waals surface area contributed by atoms with Gasteiger partial charge in [0.25, 0.3) is 0 Å². The Hall–Kier alpha value is -3.38. The maximum atomic E-state index is 12.9. The molecule has 0 saturated heterocycles. The number of nitrogens with one attached hydrogen (secondary N) is 1. The number of benzene rings is 3. The second-order valence-corrected chi connectivity index (χ2v) is 6.09. The fraction of sp³-hybridized carbons (Fsp3) is 0.0476. The van der Waals surface area contributed by atoms with Crippen molar-refractivity contribution in [1.82, 2.24) is 0 Å². The quantitative estimate of drug-likeness (QED) is 0.270. The lowest BCUT2D eigenvalue weighted by Gasteiger charge is -2.06. The van der Waals surface area contributed by atoms with Crippen molar-refractivity contribution >= 4 is 29.5 Å². The van der Waals surface area contributed by atoms with Crippen molar-refractivity contribution in [3.05, 3.63) is 88.7 Å². The first-order chi connectivity index (χ1) is 13.5. The van der Waals surface area contributed by atoms with Crippen LogP contribution in [-0.4, -0.2) is 19.3 Å². The summed E-state index contributed by atoms with van der Waals surface area (Å²) in [6.07, 6.45) is 1.61. The number of nitrogens with zero attached hydrogens (tertiary/aromatic N) is 1. The molecular weight excluding hydrogens is 383 g/mol. The number of halogens is 2. The molecule has 5 nitrogen and oxygen atoms in total. The highest BCUT2D eigenvalue weighted by atomic mass is 35.5. The van der Waals surface area contributed by atoms with Gasteiger partial charge in [-0.2, -0.15) is 5.10 Å². The van der Waals surface area contributed by atoms with E-state index in [0.29, 0.717) is 22.2 Å². The van der Waals surface area contributed by atoms with Crippen LogP contribution in [0.4, 0.5) is 10.1 Å². The van der Waals surface area contributed by atoms with E-state index in [1.165, 1.54) is 24.3 Å². The number of esters is 1. The van der Waals surface area contributed by atoms with E-state index in [1.54, 1.807) is 55.8 Å². The smallest absolute Gasteiger partial charge is 0.343 e. The maximum Gasteiger partial charge on any atom is 0.343 e. The molecule has 0 fully saturated rings. The van der Waals surface area contributed by atoms with Gasteiger partial charge in [-0.05, 0) is 72.3 Å². The van der Waals surface area contributed by atoms with Gasteiger partial charge in [0.2, 0.25) is 0 Å². The average molecular weight is 399 g/mol. The van der Waals surface area contributed by atoms with E-state index in [2.05, 4.69) is 10.5 Å². The molecule has 0 radical (unpaired) electrons. The predicted octanol–water partition coefficient (Wildman–Crippen LogP) is 5.15. The maximum absolute atomic E-state index is 12.9. The standard InChI is InChI=1S/C21H16ClFN2O3/c1-27-20-11-8-17(12-19(20)22)25-24-13-14-2-9-18(10-3-14)28-21(26)15-4-6-16(23)7-5-15/h2-13,25H,1H3/b24-13+. The first-order valence-electron chi connectivity index (χ1n) is 8.25. The molecule has 3 aromatic carbocycles. The van der Waals surface area contributed by atoms with Gasteiger partial charge in [-0.1, -0.05) is 11.6 Å². The number of carbonyl (C=O) groups excluding carboxylic acids is 1. The van der Waals surface area contributed by atoms with Crippen LogP contribution in [0.2, 0.25) is 5.02 Å². The zero-order valence-corrected chi connectivity index (χ0v) is 15.6. The Balaban J connectivity index is 1.58. The third kappa shape index (κ3) is 5.08. The van der Waals surface area contributed by atoms with Crippen molar-refractivity contribution in [2.75, 3.05) is 12.5 Å². The van der Waals surface area contributed by atoms with Gasteiger partial charge in [-0.25, -0.2) is 9.18 Å². The van der Waals surface area contributed by atoms with E-state index in [-0.39, 0.29) is 5.56 Å². The summed E-state index contributed by atoms with van der Waals surface area (Å²) in [5.41, 5.74) is 4.66.